The van der Waals surface area contributed by atoms with Gasteiger partial charge < -0.3 is 19.4 Å². The van der Waals surface area contributed by atoms with Gasteiger partial charge in [-0.25, -0.2) is 0 Å². The molecule has 1 unspecified atom stereocenters. The number of methoxy groups -OCH3 is 1. The lowest BCUT2D eigenvalue weighted by molar-refractivity contribution is 0.306. The Bertz CT molecular complexity index is 525. The Morgan fingerprint density at radius 2 is 2.05 bits per heavy atom. The van der Waals surface area contributed by atoms with Crippen LogP contribution in [0.15, 0.2) is 47.1 Å². The highest BCUT2D eigenvalue weighted by Crippen LogP contribution is 2.18. The summed E-state index contributed by atoms with van der Waals surface area (Å²) in [4.78, 5) is 2.28. The van der Waals surface area contributed by atoms with Gasteiger partial charge in [0, 0.05) is 25.2 Å². The Kier molecular flexibility index (Phi) is 5.84. The third-order valence-electron chi connectivity index (χ3n) is 3.55. The Labute approximate surface area is 126 Å². The summed E-state index contributed by atoms with van der Waals surface area (Å²) in [6, 6.07) is 12.3. The Morgan fingerprint density at radius 1 is 1.24 bits per heavy atom. The van der Waals surface area contributed by atoms with Crippen molar-refractivity contribution < 1.29 is 9.15 Å². The maximum atomic E-state index is 5.39. The van der Waals surface area contributed by atoms with Crippen LogP contribution >= 0.6 is 0 Å². The normalized spacial score (nSPS) is 12.6. The molecule has 0 saturated carbocycles. The molecule has 1 heterocycles. The SMILES string of the molecule is COc1ccccc1CN(C)CCNC(C)c1ccco1. The summed E-state index contributed by atoms with van der Waals surface area (Å²) in [6.07, 6.45) is 1.71. The van der Waals surface area contributed by atoms with Crippen LogP contribution in [0.4, 0.5) is 0 Å². The van der Waals surface area contributed by atoms with E-state index in [4.69, 9.17) is 9.15 Å². The number of para-hydroxylation sites is 1. The van der Waals surface area contributed by atoms with E-state index in [9.17, 15) is 0 Å². The molecule has 4 heteroatoms. The fourth-order valence-electron chi connectivity index (χ4n) is 2.31. The van der Waals surface area contributed by atoms with Gasteiger partial charge >= 0.3 is 0 Å². The van der Waals surface area contributed by atoms with Crippen LogP contribution in [0.1, 0.15) is 24.3 Å². The highest BCUT2D eigenvalue weighted by atomic mass is 16.5. The first-order valence-corrected chi connectivity index (χ1v) is 7.28. The van der Waals surface area contributed by atoms with E-state index in [0.29, 0.717) is 0 Å². The number of nitrogens with zero attached hydrogens (tertiary/aromatic N) is 1. The van der Waals surface area contributed by atoms with Crippen molar-refractivity contribution in [1.29, 1.82) is 0 Å². The summed E-state index contributed by atoms with van der Waals surface area (Å²) in [5, 5.41) is 3.46. The van der Waals surface area contributed by atoms with Crippen LogP contribution in [-0.4, -0.2) is 32.1 Å². The van der Waals surface area contributed by atoms with E-state index in [1.54, 1.807) is 13.4 Å². The molecule has 0 fully saturated rings. The highest BCUT2D eigenvalue weighted by Gasteiger charge is 2.09. The second-order valence-corrected chi connectivity index (χ2v) is 5.24. The van der Waals surface area contributed by atoms with Crippen molar-refractivity contribution in [2.45, 2.75) is 19.5 Å². The van der Waals surface area contributed by atoms with Crippen molar-refractivity contribution >= 4 is 0 Å². The van der Waals surface area contributed by atoms with Gasteiger partial charge in [-0.3, -0.25) is 0 Å². The van der Waals surface area contributed by atoms with Crippen molar-refractivity contribution in [2.75, 3.05) is 27.2 Å². The molecular formula is C17H24N2O2. The molecule has 2 rings (SSSR count). The van der Waals surface area contributed by atoms with Crippen molar-refractivity contribution in [3.05, 3.63) is 54.0 Å². The molecule has 0 amide bonds. The number of hydrogen-bond acceptors (Lipinski definition) is 4. The lowest BCUT2D eigenvalue weighted by Gasteiger charge is -2.20. The van der Waals surface area contributed by atoms with Gasteiger partial charge in [0.05, 0.1) is 19.4 Å². The minimum atomic E-state index is 0.236. The molecule has 1 aromatic heterocycles. The number of ether oxygens (including phenoxy) is 1. The molecule has 0 aliphatic carbocycles. The highest BCUT2D eigenvalue weighted by molar-refractivity contribution is 5.32. The lowest BCUT2D eigenvalue weighted by Crippen LogP contribution is -2.30. The van der Waals surface area contributed by atoms with E-state index in [1.807, 2.05) is 30.3 Å². The smallest absolute Gasteiger partial charge is 0.123 e. The van der Waals surface area contributed by atoms with Gasteiger partial charge in [0.15, 0.2) is 0 Å². The van der Waals surface area contributed by atoms with Crippen molar-refractivity contribution in [3.8, 4) is 5.75 Å². The number of furan rings is 1. The zero-order valence-electron chi connectivity index (χ0n) is 13.0. The van der Waals surface area contributed by atoms with E-state index in [-0.39, 0.29) is 6.04 Å². The van der Waals surface area contributed by atoms with Crippen LogP contribution in [-0.2, 0) is 6.54 Å². The third kappa shape index (κ3) is 4.62. The van der Waals surface area contributed by atoms with Gasteiger partial charge in [-0.1, -0.05) is 18.2 Å². The Hall–Kier alpha value is -1.78. The van der Waals surface area contributed by atoms with E-state index in [0.717, 1.165) is 31.1 Å². The molecule has 0 saturated heterocycles. The van der Waals surface area contributed by atoms with Crippen molar-refractivity contribution in [3.63, 3.8) is 0 Å². The van der Waals surface area contributed by atoms with E-state index in [1.165, 1.54) is 5.56 Å². The molecule has 0 aliphatic heterocycles. The van der Waals surface area contributed by atoms with Gasteiger partial charge in [-0.05, 0) is 32.2 Å². The minimum absolute atomic E-state index is 0.236. The zero-order chi connectivity index (χ0) is 15.1. The summed E-state index contributed by atoms with van der Waals surface area (Å²) >= 11 is 0. The van der Waals surface area contributed by atoms with Gasteiger partial charge in [0.2, 0.25) is 0 Å². The fraction of sp³-hybridized carbons (Fsp3) is 0.412. The van der Waals surface area contributed by atoms with Crippen molar-refractivity contribution in [1.82, 2.24) is 10.2 Å². The number of benzene rings is 1. The Morgan fingerprint density at radius 3 is 2.76 bits per heavy atom. The average molecular weight is 288 g/mol. The standard InChI is InChI=1S/C17H24N2O2/c1-14(16-9-6-12-21-16)18-10-11-19(2)13-15-7-4-5-8-17(15)20-3/h4-9,12,14,18H,10-11,13H2,1-3H3. The number of rotatable bonds is 8. The van der Waals surface area contributed by atoms with Gasteiger partial charge in [0.25, 0.3) is 0 Å². The van der Waals surface area contributed by atoms with Crippen LogP contribution in [0.5, 0.6) is 5.75 Å². The third-order valence-corrected chi connectivity index (χ3v) is 3.55. The van der Waals surface area contributed by atoms with E-state index in [2.05, 4.69) is 30.3 Å². The van der Waals surface area contributed by atoms with Crippen LogP contribution in [0.2, 0.25) is 0 Å². The summed E-state index contributed by atoms with van der Waals surface area (Å²) in [6.45, 7) is 4.86. The fourth-order valence-corrected chi connectivity index (χ4v) is 2.31. The second kappa shape index (κ2) is 7.86. The van der Waals surface area contributed by atoms with Crippen molar-refractivity contribution in [2.24, 2.45) is 0 Å². The maximum Gasteiger partial charge on any atom is 0.123 e. The quantitative estimate of drug-likeness (QED) is 0.810. The predicted octanol–water partition coefficient (Wildman–Crippen LogP) is 3.07. The Balaban J connectivity index is 1.76. The number of hydrogen-bond donors (Lipinski definition) is 1. The van der Waals surface area contributed by atoms with Crippen LogP contribution < -0.4 is 10.1 Å². The molecule has 0 bridgehead atoms. The first-order chi connectivity index (χ1) is 10.2. The molecule has 0 radical (unpaired) electrons. The topological polar surface area (TPSA) is 37.6 Å². The summed E-state index contributed by atoms with van der Waals surface area (Å²) in [5.41, 5.74) is 1.21. The van der Waals surface area contributed by atoms with Crippen LogP contribution in [0.3, 0.4) is 0 Å². The van der Waals surface area contributed by atoms with Gasteiger partial charge in [0.1, 0.15) is 11.5 Å². The molecule has 1 N–H and O–H groups in total. The average Bonchev–Trinajstić information content (AvgIpc) is 3.02. The molecule has 4 nitrogen and oxygen atoms in total. The molecule has 0 aliphatic rings. The first kappa shape index (κ1) is 15.6. The predicted molar refractivity (Wildman–Crippen MR) is 84.5 cm³/mol. The second-order valence-electron chi connectivity index (χ2n) is 5.24. The lowest BCUT2D eigenvalue weighted by atomic mass is 10.2. The van der Waals surface area contributed by atoms with E-state index >= 15 is 0 Å². The largest absolute Gasteiger partial charge is 0.496 e. The minimum Gasteiger partial charge on any atom is -0.496 e. The molecule has 1 aromatic carbocycles. The summed E-state index contributed by atoms with van der Waals surface area (Å²) < 4.78 is 10.8. The number of nitrogens with one attached hydrogen (secondary N) is 1. The van der Waals surface area contributed by atoms with Gasteiger partial charge in [-0.15, -0.1) is 0 Å². The first-order valence-electron chi connectivity index (χ1n) is 7.28. The van der Waals surface area contributed by atoms with Crippen LogP contribution in [0, 0.1) is 0 Å². The summed E-state index contributed by atoms with van der Waals surface area (Å²) in [5.74, 6) is 1.92. The molecule has 114 valence electrons. The zero-order valence-corrected chi connectivity index (χ0v) is 13.0. The van der Waals surface area contributed by atoms with Gasteiger partial charge in [-0.2, -0.15) is 0 Å². The summed E-state index contributed by atoms with van der Waals surface area (Å²) in [7, 11) is 3.83. The van der Waals surface area contributed by atoms with E-state index < -0.39 is 0 Å². The molecule has 0 spiro atoms. The number of likely N-dealkylation sites (N-methyl/N-ethyl adjacent to an activating group) is 1. The molecule has 2 aromatic rings. The molecule has 21 heavy (non-hydrogen) atoms. The monoisotopic (exact) mass is 288 g/mol. The molecular weight excluding hydrogens is 264 g/mol. The maximum absolute atomic E-state index is 5.39. The molecule has 1 atom stereocenters. The van der Waals surface area contributed by atoms with Crippen LogP contribution in [0.25, 0.3) is 0 Å².